The van der Waals surface area contributed by atoms with E-state index in [1.807, 2.05) is 0 Å². The van der Waals surface area contributed by atoms with E-state index in [-0.39, 0.29) is 23.2 Å². The molecule has 0 amide bonds. The van der Waals surface area contributed by atoms with Gasteiger partial charge in [-0.05, 0) is 90.9 Å². The molecule has 0 bridgehead atoms. The van der Waals surface area contributed by atoms with Crippen molar-refractivity contribution < 1.29 is 44.9 Å². The van der Waals surface area contributed by atoms with Crippen LogP contribution < -0.4 is 0 Å². The first-order valence-electron chi connectivity index (χ1n) is 17.0. The number of carboxylic acid groups (broad SMARTS) is 1. The maximum absolute atomic E-state index is 13.5. The zero-order valence-corrected chi connectivity index (χ0v) is 27.9. The molecular weight excluding hydrogens is 576 g/mol. The van der Waals surface area contributed by atoms with Gasteiger partial charge in [-0.1, -0.05) is 71.4 Å². The first-order valence-corrected chi connectivity index (χ1v) is 17.0. The highest BCUT2D eigenvalue weighted by Gasteiger charge is 2.71. The quantitative estimate of drug-likeness (QED) is 0.218. The fourth-order valence-electron chi connectivity index (χ4n) is 10.1. The molecule has 9 nitrogen and oxygen atoms in total. The van der Waals surface area contributed by atoms with Gasteiger partial charge < -0.3 is 40.1 Å². The Morgan fingerprint density at radius 1 is 1.00 bits per heavy atom. The monoisotopic (exact) mass is 632 g/mol. The molecule has 5 rings (SSSR count). The van der Waals surface area contributed by atoms with Crippen molar-refractivity contribution in [1.82, 2.24) is 0 Å². The Balaban J connectivity index is 1.43. The molecule has 0 aromatic carbocycles. The van der Waals surface area contributed by atoms with Crippen LogP contribution in [0.25, 0.3) is 0 Å². The summed E-state index contributed by atoms with van der Waals surface area (Å²) in [4.78, 5) is 13.5. The Labute approximate surface area is 268 Å². The molecule has 1 heterocycles. The Hall–Kier alpha value is -1.59. The number of rotatable bonds is 8. The van der Waals surface area contributed by atoms with Crippen LogP contribution in [0.1, 0.15) is 86.5 Å². The van der Waals surface area contributed by atoms with Crippen molar-refractivity contribution in [2.45, 2.75) is 129 Å². The SMILES string of the molecule is C=C1[C@@H](OC2OC(CO)C(O)C(O)C2O)CC[C@]2(C)C3=C(CC[C@@H]12)[C@]1(C(=O)O)[C@H](O)C[C@H]([C@H](C)/C=C/[C@H](C)C(C)C)[C@@]1(C)CC3. The molecule has 0 aromatic heterocycles. The molecule has 1 saturated heterocycles. The van der Waals surface area contributed by atoms with Gasteiger partial charge in [0.2, 0.25) is 0 Å². The van der Waals surface area contributed by atoms with Crippen LogP contribution >= 0.6 is 0 Å². The van der Waals surface area contributed by atoms with Crippen LogP contribution in [-0.4, -0.2) is 86.1 Å². The first kappa shape index (κ1) is 34.7. The third-order valence-electron chi connectivity index (χ3n) is 13.2. The van der Waals surface area contributed by atoms with Gasteiger partial charge in [0, 0.05) is 0 Å². The van der Waals surface area contributed by atoms with Gasteiger partial charge in [-0.2, -0.15) is 0 Å². The summed E-state index contributed by atoms with van der Waals surface area (Å²) in [7, 11) is 0. The summed E-state index contributed by atoms with van der Waals surface area (Å²) in [5, 5.41) is 63.5. The van der Waals surface area contributed by atoms with Crippen molar-refractivity contribution >= 4 is 5.97 Å². The van der Waals surface area contributed by atoms with Gasteiger partial charge in [0.1, 0.15) is 29.8 Å². The average molecular weight is 633 g/mol. The second-order valence-corrected chi connectivity index (χ2v) is 15.6. The highest BCUT2D eigenvalue weighted by molar-refractivity contribution is 5.83. The zero-order chi connectivity index (χ0) is 33.2. The van der Waals surface area contributed by atoms with E-state index in [1.54, 1.807) is 0 Å². The molecule has 0 aromatic rings. The lowest BCUT2D eigenvalue weighted by Gasteiger charge is -2.59. The molecule has 6 N–H and O–H groups in total. The summed E-state index contributed by atoms with van der Waals surface area (Å²) in [5.41, 5.74) is 0.641. The molecule has 5 unspecified atom stereocenters. The van der Waals surface area contributed by atoms with Crippen LogP contribution in [0.5, 0.6) is 0 Å². The van der Waals surface area contributed by atoms with Crippen molar-refractivity contribution in [2.24, 2.45) is 45.8 Å². The predicted molar refractivity (Wildman–Crippen MR) is 169 cm³/mol. The normalized spacial score (nSPS) is 46.6. The number of ether oxygens (including phenoxy) is 2. The lowest BCUT2D eigenvalue weighted by molar-refractivity contribution is -0.310. The van der Waals surface area contributed by atoms with E-state index in [1.165, 1.54) is 0 Å². The molecule has 0 spiro atoms. The maximum atomic E-state index is 13.5. The number of aliphatic hydroxyl groups excluding tert-OH is 5. The summed E-state index contributed by atoms with van der Waals surface area (Å²) < 4.78 is 11.8. The molecule has 254 valence electrons. The fraction of sp³-hybridized carbons (Fsp3) is 0.806. The van der Waals surface area contributed by atoms with Crippen molar-refractivity contribution in [3.8, 4) is 0 Å². The highest BCUT2D eigenvalue weighted by Crippen LogP contribution is 2.71. The number of allylic oxidation sites excluding steroid dienone is 3. The summed E-state index contributed by atoms with van der Waals surface area (Å²) in [6, 6.07) is 0. The van der Waals surface area contributed by atoms with Crippen LogP contribution in [-0.2, 0) is 14.3 Å². The minimum absolute atomic E-state index is 0.00353. The average Bonchev–Trinajstić information content (AvgIpc) is 3.24. The smallest absolute Gasteiger partial charge is 0.317 e. The summed E-state index contributed by atoms with van der Waals surface area (Å²) in [6.45, 7) is 17.0. The van der Waals surface area contributed by atoms with E-state index >= 15 is 0 Å². The summed E-state index contributed by atoms with van der Waals surface area (Å²) >= 11 is 0. The lowest BCUT2D eigenvalue weighted by Crippen LogP contribution is -2.60. The summed E-state index contributed by atoms with van der Waals surface area (Å²) in [6.07, 6.45) is 0.710. The van der Waals surface area contributed by atoms with Crippen LogP contribution in [0.4, 0.5) is 0 Å². The summed E-state index contributed by atoms with van der Waals surface area (Å²) in [5.74, 6) is 0.192. The Bertz CT molecular complexity index is 1210. The number of carboxylic acids is 1. The van der Waals surface area contributed by atoms with Crippen LogP contribution in [0.2, 0.25) is 0 Å². The second-order valence-electron chi connectivity index (χ2n) is 15.6. The van der Waals surface area contributed by atoms with E-state index in [9.17, 15) is 35.4 Å². The highest BCUT2D eigenvalue weighted by atomic mass is 16.7. The van der Waals surface area contributed by atoms with Crippen LogP contribution in [0.3, 0.4) is 0 Å². The second kappa shape index (κ2) is 12.5. The number of fused-ring (bicyclic) bond motifs is 4. The lowest BCUT2D eigenvalue weighted by atomic mass is 9.45. The number of aliphatic hydroxyl groups is 5. The third kappa shape index (κ3) is 5.20. The molecular formula is C36H56O9. The molecule has 1 aliphatic heterocycles. The third-order valence-corrected chi connectivity index (χ3v) is 13.2. The molecule has 2 saturated carbocycles. The van der Waals surface area contributed by atoms with Gasteiger partial charge in [0.25, 0.3) is 0 Å². The molecule has 14 atom stereocenters. The Kier molecular flexibility index (Phi) is 9.62. The van der Waals surface area contributed by atoms with Crippen molar-refractivity contribution in [2.75, 3.05) is 6.61 Å². The molecule has 45 heavy (non-hydrogen) atoms. The zero-order valence-electron chi connectivity index (χ0n) is 27.9. The predicted octanol–water partition coefficient (Wildman–Crippen LogP) is 3.97. The maximum Gasteiger partial charge on any atom is 0.317 e. The van der Waals surface area contributed by atoms with Crippen molar-refractivity contribution in [3.63, 3.8) is 0 Å². The fourth-order valence-corrected chi connectivity index (χ4v) is 10.1. The van der Waals surface area contributed by atoms with Gasteiger partial charge in [-0.15, -0.1) is 0 Å². The molecule has 3 fully saturated rings. The van der Waals surface area contributed by atoms with E-state index in [4.69, 9.17) is 9.47 Å². The van der Waals surface area contributed by atoms with Gasteiger partial charge in [-0.3, -0.25) is 4.79 Å². The minimum Gasteiger partial charge on any atom is -0.480 e. The Morgan fingerprint density at radius 3 is 2.31 bits per heavy atom. The van der Waals surface area contributed by atoms with E-state index in [2.05, 4.69) is 60.3 Å². The standard InChI is InChI=1S/C36H56O9/c1-18(2)19(3)8-9-20(4)25-16-28(38)36(33(42)43)24-11-10-22-21(5)26(13-14-34(22,6)23(24)12-15-35(25,36)7)44-32-31(41)30(40)29(39)27(17-37)45-32/h8-9,18-20,22,25-32,37-41H,5,10-17H2,1-4,6-7H3,(H,42,43)/b9-8+/t19-,20+,22-,25+,26-,27?,28+,29?,30?,31?,32?,34-,35+,36+/m0/s1. The first-order chi connectivity index (χ1) is 21.1. The number of carbonyl (C=O) groups is 1. The van der Waals surface area contributed by atoms with E-state index in [0.717, 1.165) is 23.1 Å². The van der Waals surface area contributed by atoms with E-state index < -0.39 is 66.3 Å². The molecule has 4 aliphatic carbocycles. The van der Waals surface area contributed by atoms with Crippen LogP contribution in [0.15, 0.2) is 35.5 Å². The van der Waals surface area contributed by atoms with Crippen molar-refractivity contribution in [3.05, 3.63) is 35.5 Å². The minimum atomic E-state index is -1.52. The van der Waals surface area contributed by atoms with Gasteiger partial charge >= 0.3 is 5.97 Å². The van der Waals surface area contributed by atoms with Gasteiger partial charge in [-0.25, -0.2) is 0 Å². The molecule has 5 aliphatic rings. The van der Waals surface area contributed by atoms with Crippen LogP contribution in [0, 0.1) is 45.8 Å². The van der Waals surface area contributed by atoms with Crippen molar-refractivity contribution in [1.29, 1.82) is 0 Å². The number of aliphatic carboxylic acids is 1. The topological polar surface area (TPSA) is 157 Å². The number of hydrogen-bond acceptors (Lipinski definition) is 8. The molecule has 0 radical (unpaired) electrons. The van der Waals surface area contributed by atoms with Gasteiger partial charge in [0.15, 0.2) is 6.29 Å². The largest absolute Gasteiger partial charge is 0.480 e. The molecule has 9 heteroatoms. The number of hydrogen-bond donors (Lipinski definition) is 6. The Morgan fingerprint density at radius 2 is 1.69 bits per heavy atom. The van der Waals surface area contributed by atoms with E-state index in [0.29, 0.717) is 50.4 Å². The van der Waals surface area contributed by atoms with Gasteiger partial charge in [0.05, 0.1) is 18.8 Å².